The van der Waals surface area contributed by atoms with Crippen LogP contribution >= 0.6 is 11.6 Å². The van der Waals surface area contributed by atoms with Crippen LogP contribution in [0.4, 0.5) is 11.6 Å². The molecule has 216 valence electrons. The molecule has 10 nitrogen and oxygen atoms in total. The van der Waals surface area contributed by atoms with Crippen molar-refractivity contribution in [3.8, 4) is 34.4 Å². The highest BCUT2D eigenvalue weighted by atomic mass is 35.5. The zero-order chi connectivity index (χ0) is 30.0. The molecule has 44 heavy (non-hydrogen) atoms. The fourth-order valence-electron chi connectivity index (χ4n) is 5.53. The van der Waals surface area contributed by atoms with Crippen molar-refractivity contribution >= 4 is 34.4 Å². The van der Waals surface area contributed by atoms with E-state index in [-0.39, 0.29) is 5.82 Å². The van der Waals surface area contributed by atoms with Gasteiger partial charge in [-0.05, 0) is 54.1 Å². The molecule has 6 aromatic rings. The van der Waals surface area contributed by atoms with Gasteiger partial charge in [0.1, 0.15) is 23.2 Å². The van der Waals surface area contributed by atoms with E-state index in [0.717, 1.165) is 66.6 Å². The number of pyridine rings is 2. The number of hydrogen-bond donors (Lipinski definition) is 1. The number of anilines is 2. The number of benzene rings is 2. The van der Waals surface area contributed by atoms with Crippen molar-refractivity contribution in [2.24, 2.45) is 0 Å². The number of rotatable bonds is 6. The Morgan fingerprint density at radius 1 is 0.795 bits per heavy atom. The summed E-state index contributed by atoms with van der Waals surface area (Å²) in [5.74, 6) is 2.06. The molecule has 1 fully saturated rings. The summed E-state index contributed by atoms with van der Waals surface area (Å²) in [6.45, 7) is 4.26. The summed E-state index contributed by atoms with van der Waals surface area (Å²) in [7, 11) is 0. The molecule has 11 heteroatoms. The summed E-state index contributed by atoms with van der Waals surface area (Å²) < 4.78 is 2.03. The third-order valence-corrected chi connectivity index (χ3v) is 8.10. The lowest BCUT2D eigenvalue weighted by molar-refractivity contribution is 0.249. The number of nitrogen functional groups attached to an aromatic ring is 1. The average Bonchev–Trinajstić information content (AvgIpc) is 3.44. The van der Waals surface area contributed by atoms with Gasteiger partial charge >= 0.3 is 0 Å². The second-order valence-electron chi connectivity index (χ2n) is 10.5. The number of hydrogen-bond acceptors (Lipinski definition) is 9. The van der Waals surface area contributed by atoms with Gasteiger partial charge in [0.05, 0.1) is 11.3 Å². The molecule has 0 amide bonds. The second-order valence-corrected chi connectivity index (χ2v) is 10.9. The van der Waals surface area contributed by atoms with Crippen LogP contribution in [0.25, 0.3) is 39.5 Å². The number of halogens is 1. The lowest BCUT2D eigenvalue weighted by Gasteiger charge is -2.35. The first-order chi connectivity index (χ1) is 21.6. The molecular formula is C33H27ClN10. The maximum atomic E-state index is 9.13. The van der Waals surface area contributed by atoms with Crippen molar-refractivity contribution in [3.63, 3.8) is 0 Å². The quantitative estimate of drug-likeness (QED) is 0.269. The summed E-state index contributed by atoms with van der Waals surface area (Å²) in [5, 5.41) is 9.77. The van der Waals surface area contributed by atoms with Crippen molar-refractivity contribution in [2.75, 3.05) is 36.8 Å². The van der Waals surface area contributed by atoms with Gasteiger partial charge in [-0.25, -0.2) is 24.9 Å². The van der Waals surface area contributed by atoms with E-state index in [0.29, 0.717) is 22.3 Å². The zero-order valence-corrected chi connectivity index (χ0v) is 24.4. The van der Waals surface area contributed by atoms with Crippen LogP contribution in [0.5, 0.6) is 0 Å². The molecule has 1 saturated heterocycles. The molecule has 1 aliphatic heterocycles. The second kappa shape index (κ2) is 11.7. The first kappa shape index (κ1) is 27.5. The third-order valence-electron chi connectivity index (χ3n) is 7.77. The minimum absolute atomic E-state index is 0.195. The highest BCUT2D eigenvalue weighted by molar-refractivity contribution is 6.33. The maximum absolute atomic E-state index is 9.13. The smallest absolute Gasteiger partial charge is 0.234 e. The SMILES string of the molecule is N#Cc1nccc(N2CCN(Cc3ccc(-n4c(-c5cccnc5N)nc5ccc(-c6ccccc6Cl)nc54)cc3)CC2)n1. The molecule has 0 spiro atoms. The molecule has 0 aliphatic carbocycles. The van der Waals surface area contributed by atoms with Gasteiger partial charge in [-0.3, -0.25) is 9.47 Å². The van der Waals surface area contributed by atoms with Crippen LogP contribution in [-0.4, -0.2) is 60.6 Å². The summed E-state index contributed by atoms with van der Waals surface area (Å²) in [4.78, 5) is 27.2. The molecule has 0 bridgehead atoms. The highest BCUT2D eigenvalue weighted by Gasteiger charge is 2.21. The standard InChI is InChI=1S/C33H27ClN10/c34-26-6-2-1-4-24(26)27-11-12-28-33(39-27)44(32(40-28)25-5-3-14-38-31(25)36)23-9-7-22(8-10-23)21-42-16-18-43(19-17-42)30-13-15-37-29(20-35)41-30/h1-15H,16-19,21H2,(H2,36,38). The van der Waals surface area contributed by atoms with E-state index in [1.165, 1.54) is 5.56 Å². The van der Waals surface area contributed by atoms with Crippen LogP contribution in [-0.2, 0) is 6.54 Å². The van der Waals surface area contributed by atoms with Gasteiger partial charge in [0.2, 0.25) is 5.82 Å². The molecule has 2 N–H and O–H groups in total. The monoisotopic (exact) mass is 598 g/mol. The number of fused-ring (bicyclic) bond motifs is 1. The van der Waals surface area contributed by atoms with Gasteiger partial charge in [0.15, 0.2) is 11.5 Å². The number of nitrogens with zero attached hydrogens (tertiary/aromatic N) is 9. The van der Waals surface area contributed by atoms with E-state index in [1.54, 1.807) is 12.4 Å². The molecule has 0 saturated carbocycles. The van der Waals surface area contributed by atoms with Crippen LogP contribution in [0.2, 0.25) is 5.02 Å². The Balaban J connectivity index is 1.18. The first-order valence-electron chi connectivity index (χ1n) is 14.2. The van der Waals surface area contributed by atoms with Crippen molar-refractivity contribution in [2.45, 2.75) is 6.54 Å². The molecule has 0 unspecified atom stereocenters. The van der Waals surface area contributed by atoms with E-state index in [9.17, 15) is 0 Å². The highest BCUT2D eigenvalue weighted by Crippen LogP contribution is 2.33. The van der Waals surface area contributed by atoms with Crippen LogP contribution in [0.1, 0.15) is 11.4 Å². The number of imidazole rings is 1. The minimum atomic E-state index is 0.195. The number of piperazine rings is 1. The molecule has 0 radical (unpaired) electrons. The lowest BCUT2D eigenvalue weighted by atomic mass is 10.1. The summed E-state index contributed by atoms with van der Waals surface area (Å²) in [6, 6.07) is 27.7. The predicted molar refractivity (Wildman–Crippen MR) is 171 cm³/mol. The maximum Gasteiger partial charge on any atom is 0.234 e. The molecule has 0 atom stereocenters. The summed E-state index contributed by atoms with van der Waals surface area (Å²) in [5.41, 5.74) is 12.2. The Morgan fingerprint density at radius 3 is 2.36 bits per heavy atom. The number of aromatic nitrogens is 6. The zero-order valence-electron chi connectivity index (χ0n) is 23.7. The van der Waals surface area contributed by atoms with Gasteiger partial charge in [-0.2, -0.15) is 5.26 Å². The van der Waals surface area contributed by atoms with Crippen LogP contribution in [0.3, 0.4) is 0 Å². The predicted octanol–water partition coefficient (Wildman–Crippen LogP) is 5.37. The van der Waals surface area contributed by atoms with Gasteiger partial charge in [0, 0.05) is 61.4 Å². The Bertz CT molecular complexity index is 2010. The Hall–Kier alpha value is -5.37. The van der Waals surface area contributed by atoms with E-state index >= 15 is 0 Å². The van der Waals surface area contributed by atoms with Crippen LogP contribution in [0.15, 0.2) is 91.3 Å². The van der Waals surface area contributed by atoms with E-state index in [4.69, 9.17) is 32.6 Å². The molecule has 1 aliphatic rings. The first-order valence-corrected chi connectivity index (χ1v) is 14.6. The van der Waals surface area contributed by atoms with Crippen LogP contribution in [0, 0.1) is 11.3 Å². The fourth-order valence-corrected chi connectivity index (χ4v) is 5.76. The summed E-state index contributed by atoms with van der Waals surface area (Å²) >= 11 is 6.53. The average molecular weight is 599 g/mol. The molecule has 7 rings (SSSR count). The Kier molecular flexibility index (Phi) is 7.32. The van der Waals surface area contributed by atoms with Crippen molar-refractivity contribution < 1.29 is 0 Å². The molecule has 2 aromatic carbocycles. The Labute approximate surface area is 259 Å². The number of nitrogens with two attached hydrogens (primary N) is 1. The van der Waals surface area contributed by atoms with Crippen molar-refractivity contribution in [1.82, 2.24) is 34.4 Å². The largest absolute Gasteiger partial charge is 0.383 e. The Morgan fingerprint density at radius 2 is 1.59 bits per heavy atom. The van der Waals surface area contributed by atoms with Gasteiger partial charge in [-0.1, -0.05) is 41.9 Å². The van der Waals surface area contributed by atoms with Crippen LogP contribution < -0.4 is 10.6 Å². The van der Waals surface area contributed by atoms with Crippen molar-refractivity contribution in [1.29, 1.82) is 5.26 Å². The van der Waals surface area contributed by atoms with E-state index in [1.807, 2.05) is 65.2 Å². The van der Waals surface area contributed by atoms with E-state index < -0.39 is 0 Å². The van der Waals surface area contributed by atoms with Crippen molar-refractivity contribution in [3.05, 3.63) is 108 Å². The molecule has 4 aromatic heterocycles. The van der Waals surface area contributed by atoms with Gasteiger partial charge in [-0.15, -0.1) is 0 Å². The lowest BCUT2D eigenvalue weighted by Crippen LogP contribution is -2.46. The minimum Gasteiger partial charge on any atom is -0.383 e. The summed E-state index contributed by atoms with van der Waals surface area (Å²) in [6.07, 6.45) is 3.31. The normalized spacial score (nSPS) is 13.7. The molecule has 5 heterocycles. The third kappa shape index (κ3) is 5.30. The van der Waals surface area contributed by atoms with Gasteiger partial charge < -0.3 is 10.6 Å². The van der Waals surface area contributed by atoms with E-state index in [2.05, 4.69) is 49.0 Å². The molecular weight excluding hydrogens is 572 g/mol. The fraction of sp³-hybridized carbons (Fsp3) is 0.152. The topological polar surface area (TPSA) is 126 Å². The number of nitriles is 1. The van der Waals surface area contributed by atoms with Gasteiger partial charge in [0.25, 0.3) is 0 Å².